The normalized spacial score (nSPS) is 24.5. The van der Waals surface area contributed by atoms with Gasteiger partial charge in [-0.15, -0.1) is 0 Å². The predicted molar refractivity (Wildman–Crippen MR) is 169 cm³/mol. The molecular weight excluding hydrogens is 500 g/mol. The largest absolute Gasteiger partial charge is 0.485 e. The smallest absolute Gasteiger partial charge is 0.128 e. The zero-order chi connectivity index (χ0) is 27.4. The zero-order valence-corrected chi connectivity index (χ0v) is 22.9. The fourth-order valence-electron chi connectivity index (χ4n) is 6.87. The zero-order valence-electron chi connectivity index (χ0n) is 22.9. The molecule has 4 aliphatic rings. The molecule has 0 amide bonds. The van der Waals surface area contributed by atoms with Gasteiger partial charge in [-0.2, -0.15) is 0 Å². The third kappa shape index (κ3) is 3.84. The van der Waals surface area contributed by atoms with E-state index in [2.05, 4.69) is 152 Å². The van der Waals surface area contributed by atoms with Crippen LogP contribution in [0.2, 0.25) is 0 Å². The van der Waals surface area contributed by atoms with Gasteiger partial charge in [0.15, 0.2) is 0 Å². The van der Waals surface area contributed by atoms with Crippen molar-refractivity contribution in [3.8, 4) is 16.9 Å². The second-order valence-corrected chi connectivity index (χ2v) is 11.4. The number of nitrogens with one attached hydrogen (secondary N) is 1. The first-order valence-corrected chi connectivity index (χ1v) is 14.3. The van der Waals surface area contributed by atoms with Crippen molar-refractivity contribution in [1.29, 1.82) is 0 Å². The fraction of sp³-hybridized carbons (Fsp3) is 0.132. The lowest BCUT2D eigenvalue weighted by atomic mass is 9.65. The number of para-hydroxylation sites is 1. The Hall–Kier alpha value is -4.89. The molecule has 0 spiro atoms. The van der Waals surface area contributed by atoms with Crippen LogP contribution in [0.3, 0.4) is 0 Å². The van der Waals surface area contributed by atoms with Crippen molar-refractivity contribution in [2.24, 2.45) is 10.9 Å². The highest BCUT2D eigenvalue weighted by molar-refractivity contribution is 6.08. The number of rotatable bonds is 4. The predicted octanol–water partition coefficient (Wildman–Crippen LogP) is 9.20. The summed E-state index contributed by atoms with van der Waals surface area (Å²) >= 11 is 0. The standard InChI is InChI=1S/C38H30N2O/c1-38-23-10-9-18-31(38)36(40-32-19-7-6-17-30(32)38)26-14-11-15-27(24-26)39-37-28(25-12-3-2-4-13-25)21-22-34-35(37)29-16-5-8-20-33(29)41-34/h2-24,29,31,33,39H,1H3. The summed E-state index contributed by atoms with van der Waals surface area (Å²) < 4.78 is 6.39. The third-order valence-corrected chi connectivity index (χ3v) is 8.92. The lowest BCUT2D eigenvalue weighted by molar-refractivity contribution is 0.269. The number of hydrogen-bond donors (Lipinski definition) is 1. The number of benzene rings is 4. The van der Waals surface area contributed by atoms with E-state index in [4.69, 9.17) is 9.73 Å². The Morgan fingerprint density at radius 2 is 1.56 bits per heavy atom. The van der Waals surface area contributed by atoms with E-state index in [1.807, 2.05) is 0 Å². The van der Waals surface area contributed by atoms with Gasteiger partial charge in [-0.25, -0.2) is 0 Å². The second-order valence-electron chi connectivity index (χ2n) is 11.4. The van der Waals surface area contributed by atoms with Gasteiger partial charge in [-0.1, -0.05) is 110 Å². The van der Waals surface area contributed by atoms with Gasteiger partial charge in [0.2, 0.25) is 0 Å². The number of fused-ring (bicyclic) bond motifs is 6. The second kappa shape index (κ2) is 9.35. The molecule has 0 saturated carbocycles. The molecule has 4 unspecified atom stereocenters. The number of hydrogen-bond acceptors (Lipinski definition) is 3. The quantitative estimate of drug-likeness (QED) is 0.285. The Morgan fingerprint density at radius 1 is 0.756 bits per heavy atom. The SMILES string of the molecule is CC12C=CC=CC1C(c1cccc(Nc3c(-c4ccccc4)ccc4c3C3C=CC=CC3O4)c1)=Nc1ccccc12. The maximum absolute atomic E-state index is 6.39. The Labute approximate surface area is 240 Å². The van der Waals surface area contributed by atoms with Gasteiger partial charge in [0.1, 0.15) is 11.9 Å². The van der Waals surface area contributed by atoms with Gasteiger partial charge in [-0.05, 0) is 53.1 Å². The molecule has 4 aromatic carbocycles. The van der Waals surface area contributed by atoms with Crippen LogP contribution in [0.1, 0.15) is 29.5 Å². The van der Waals surface area contributed by atoms with E-state index in [9.17, 15) is 0 Å². The molecule has 0 saturated heterocycles. The maximum Gasteiger partial charge on any atom is 0.128 e. The number of anilines is 2. The van der Waals surface area contributed by atoms with Crippen molar-refractivity contribution in [3.63, 3.8) is 0 Å². The fourth-order valence-corrected chi connectivity index (χ4v) is 6.87. The molecule has 0 radical (unpaired) electrons. The van der Waals surface area contributed by atoms with E-state index in [0.29, 0.717) is 0 Å². The molecule has 4 aromatic rings. The molecule has 2 heterocycles. The van der Waals surface area contributed by atoms with Crippen LogP contribution in [0.5, 0.6) is 5.75 Å². The van der Waals surface area contributed by atoms with E-state index in [1.165, 1.54) is 22.3 Å². The topological polar surface area (TPSA) is 33.6 Å². The molecule has 2 aliphatic carbocycles. The van der Waals surface area contributed by atoms with Crippen LogP contribution < -0.4 is 10.1 Å². The lowest BCUT2D eigenvalue weighted by Gasteiger charge is -2.40. The maximum atomic E-state index is 6.39. The average Bonchev–Trinajstić information content (AvgIpc) is 3.40. The van der Waals surface area contributed by atoms with Crippen molar-refractivity contribution in [2.45, 2.75) is 24.4 Å². The number of aliphatic imine (C=N–C) groups is 1. The summed E-state index contributed by atoms with van der Waals surface area (Å²) in [6.07, 6.45) is 17.6. The Kier molecular flexibility index (Phi) is 5.46. The van der Waals surface area contributed by atoms with Crippen LogP contribution in [-0.2, 0) is 5.41 Å². The third-order valence-electron chi connectivity index (χ3n) is 8.92. The van der Waals surface area contributed by atoms with E-state index < -0.39 is 0 Å². The van der Waals surface area contributed by atoms with Gasteiger partial charge < -0.3 is 10.1 Å². The van der Waals surface area contributed by atoms with Gasteiger partial charge in [0, 0.05) is 34.1 Å². The molecule has 41 heavy (non-hydrogen) atoms. The summed E-state index contributed by atoms with van der Waals surface area (Å²) in [7, 11) is 0. The average molecular weight is 531 g/mol. The number of allylic oxidation sites excluding steroid dienone is 6. The van der Waals surface area contributed by atoms with E-state index in [1.54, 1.807) is 0 Å². The van der Waals surface area contributed by atoms with Crippen LogP contribution in [0.4, 0.5) is 17.1 Å². The van der Waals surface area contributed by atoms with Crippen molar-refractivity contribution >= 4 is 22.8 Å². The van der Waals surface area contributed by atoms with Crippen LogP contribution in [0, 0.1) is 5.92 Å². The molecule has 198 valence electrons. The summed E-state index contributed by atoms with van der Waals surface area (Å²) in [4.78, 5) is 5.24. The molecule has 0 bridgehead atoms. The summed E-state index contributed by atoms with van der Waals surface area (Å²) in [6.45, 7) is 2.33. The van der Waals surface area contributed by atoms with Crippen molar-refractivity contribution in [2.75, 3.05) is 5.32 Å². The number of ether oxygens (including phenoxy) is 1. The minimum Gasteiger partial charge on any atom is -0.485 e. The summed E-state index contributed by atoms with van der Waals surface area (Å²) in [5.41, 5.74) is 10.1. The molecular formula is C38H30N2O. The Morgan fingerprint density at radius 3 is 2.49 bits per heavy atom. The molecule has 8 rings (SSSR count). The summed E-state index contributed by atoms with van der Waals surface area (Å²) in [5.74, 6) is 1.27. The highest BCUT2D eigenvalue weighted by Gasteiger charge is 2.41. The van der Waals surface area contributed by atoms with Gasteiger partial charge in [0.25, 0.3) is 0 Å². The van der Waals surface area contributed by atoms with Gasteiger partial charge in [-0.3, -0.25) is 4.99 Å². The van der Waals surface area contributed by atoms with Crippen molar-refractivity contribution in [3.05, 3.63) is 156 Å². The monoisotopic (exact) mass is 530 g/mol. The molecule has 2 aliphatic heterocycles. The first-order valence-electron chi connectivity index (χ1n) is 14.3. The minimum atomic E-state index is -0.139. The first kappa shape index (κ1) is 24.0. The van der Waals surface area contributed by atoms with Crippen LogP contribution >= 0.6 is 0 Å². The first-order chi connectivity index (χ1) is 20.2. The Bertz CT molecular complexity index is 1830. The number of nitrogens with zero attached hydrogens (tertiary/aromatic N) is 1. The van der Waals surface area contributed by atoms with Crippen LogP contribution in [0.15, 0.2) is 145 Å². The minimum absolute atomic E-state index is 0.0217. The van der Waals surface area contributed by atoms with Crippen LogP contribution in [-0.4, -0.2) is 11.8 Å². The molecule has 4 atom stereocenters. The summed E-state index contributed by atoms with van der Waals surface area (Å²) in [6, 6.07) is 32.2. The highest BCUT2D eigenvalue weighted by Crippen LogP contribution is 2.50. The van der Waals surface area contributed by atoms with Crippen LogP contribution in [0.25, 0.3) is 11.1 Å². The molecule has 3 nitrogen and oxygen atoms in total. The van der Waals surface area contributed by atoms with E-state index >= 15 is 0 Å². The highest BCUT2D eigenvalue weighted by atomic mass is 16.5. The lowest BCUT2D eigenvalue weighted by Crippen LogP contribution is -2.38. The van der Waals surface area contributed by atoms with E-state index in [-0.39, 0.29) is 23.4 Å². The molecule has 1 N–H and O–H groups in total. The van der Waals surface area contributed by atoms with Gasteiger partial charge in [0.05, 0.1) is 17.1 Å². The Balaban J connectivity index is 1.24. The molecule has 0 aromatic heterocycles. The van der Waals surface area contributed by atoms with Crippen molar-refractivity contribution < 1.29 is 4.74 Å². The molecule has 3 heteroatoms. The van der Waals surface area contributed by atoms with Gasteiger partial charge >= 0.3 is 0 Å². The summed E-state index contributed by atoms with van der Waals surface area (Å²) in [5, 5.41) is 3.86. The van der Waals surface area contributed by atoms with Crippen molar-refractivity contribution in [1.82, 2.24) is 0 Å². The molecule has 0 fully saturated rings. The van der Waals surface area contributed by atoms with E-state index in [0.717, 1.165) is 34.1 Å².